The number of rotatable bonds is 6. The lowest BCUT2D eigenvalue weighted by molar-refractivity contribution is 0.0526. The Morgan fingerprint density at radius 2 is 1.69 bits per heavy atom. The average Bonchev–Trinajstić information content (AvgIpc) is 2.84. The minimum Gasteiger partial charge on any atom is -0.462 e. The molecular formula is C27H29ClN2O2. The van der Waals surface area contributed by atoms with Crippen molar-refractivity contribution in [2.45, 2.75) is 25.8 Å². The van der Waals surface area contributed by atoms with Crippen LogP contribution in [0.5, 0.6) is 0 Å². The van der Waals surface area contributed by atoms with Gasteiger partial charge in [-0.1, -0.05) is 48.0 Å². The van der Waals surface area contributed by atoms with Crippen molar-refractivity contribution < 1.29 is 9.53 Å². The van der Waals surface area contributed by atoms with E-state index >= 15 is 0 Å². The van der Waals surface area contributed by atoms with Crippen molar-refractivity contribution >= 4 is 23.3 Å². The molecule has 1 atom stereocenters. The average molecular weight is 449 g/mol. The molecule has 0 spiro atoms. The zero-order valence-electron chi connectivity index (χ0n) is 18.3. The molecule has 4 rings (SSSR count). The summed E-state index contributed by atoms with van der Waals surface area (Å²) in [6, 6.07) is 24.0. The molecule has 0 aliphatic carbocycles. The lowest BCUT2D eigenvalue weighted by atomic mass is 9.83. The molecule has 1 heterocycles. The number of halogens is 1. The van der Waals surface area contributed by atoms with Crippen LogP contribution < -0.4 is 10.6 Å². The van der Waals surface area contributed by atoms with Gasteiger partial charge in [0.05, 0.1) is 12.2 Å². The molecule has 32 heavy (non-hydrogen) atoms. The number of anilines is 1. The van der Waals surface area contributed by atoms with Crippen molar-refractivity contribution in [1.82, 2.24) is 0 Å². The van der Waals surface area contributed by atoms with Crippen molar-refractivity contribution in [3.05, 3.63) is 88.9 Å². The number of nitrogens with two attached hydrogens (primary N) is 1. The second kappa shape index (κ2) is 10.2. The predicted molar refractivity (Wildman–Crippen MR) is 131 cm³/mol. The summed E-state index contributed by atoms with van der Waals surface area (Å²) >= 11 is 6.07. The van der Waals surface area contributed by atoms with Gasteiger partial charge in [0, 0.05) is 29.8 Å². The second-order valence-electron chi connectivity index (χ2n) is 8.21. The number of esters is 1. The van der Waals surface area contributed by atoms with Gasteiger partial charge >= 0.3 is 5.97 Å². The van der Waals surface area contributed by atoms with Crippen molar-refractivity contribution in [3.8, 4) is 11.1 Å². The third kappa shape index (κ3) is 4.98. The maximum atomic E-state index is 11.9. The highest BCUT2D eigenvalue weighted by Crippen LogP contribution is 2.36. The maximum Gasteiger partial charge on any atom is 0.338 e. The summed E-state index contributed by atoms with van der Waals surface area (Å²) < 4.78 is 5.07. The molecule has 4 nitrogen and oxygen atoms in total. The summed E-state index contributed by atoms with van der Waals surface area (Å²) in [5.74, 6) is 0.140. The van der Waals surface area contributed by atoms with Crippen LogP contribution in [0.4, 0.5) is 5.69 Å². The number of carbonyl (C=O) groups is 1. The summed E-state index contributed by atoms with van der Waals surface area (Å²) in [5.41, 5.74) is 12.0. The Balaban J connectivity index is 1.43. The van der Waals surface area contributed by atoms with Crippen LogP contribution in [0.3, 0.4) is 0 Å². The third-order valence-electron chi connectivity index (χ3n) is 6.27. The molecule has 0 bridgehead atoms. The lowest BCUT2D eigenvalue weighted by Gasteiger charge is -2.36. The van der Waals surface area contributed by atoms with Gasteiger partial charge in [0.2, 0.25) is 0 Å². The molecule has 3 aromatic rings. The summed E-state index contributed by atoms with van der Waals surface area (Å²) in [5, 5.41) is 0.734. The Kier molecular flexibility index (Phi) is 7.13. The zero-order valence-corrected chi connectivity index (χ0v) is 19.1. The van der Waals surface area contributed by atoms with Gasteiger partial charge in [0.25, 0.3) is 0 Å². The van der Waals surface area contributed by atoms with Crippen molar-refractivity contribution in [1.29, 1.82) is 0 Å². The molecule has 1 aliphatic rings. The minimum atomic E-state index is -0.275. The molecule has 5 heteroatoms. The third-order valence-corrected chi connectivity index (χ3v) is 6.52. The van der Waals surface area contributed by atoms with E-state index in [0.717, 1.165) is 42.2 Å². The van der Waals surface area contributed by atoms with Crippen LogP contribution in [-0.4, -0.2) is 25.7 Å². The van der Waals surface area contributed by atoms with E-state index in [1.807, 2.05) is 43.3 Å². The number of hydrogen-bond acceptors (Lipinski definition) is 4. The van der Waals surface area contributed by atoms with Gasteiger partial charge in [-0.3, -0.25) is 0 Å². The number of carbonyl (C=O) groups excluding carboxylic acids is 1. The molecule has 0 radical (unpaired) electrons. The first-order valence-electron chi connectivity index (χ1n) is 11.2. The Labute approximate surface area is 195 Å². The van der Waals surface area contributed by atoms with E-state index in [1.54, 1.807) is 0 Å². The number of nitrogens with zero attached hydrogens (tertiary/aromatic N) is 1. The lowest BCUT2D eigenvalue weighted by Crippen LogP contribution is -2.37. The second-order valence-corrected chi connectivity index (χ2v) is 8.65. The normalized spacial score (nSPS) is 15.4. The summed E-state index contributed by atoms with van der Waals surface area (Å²) in [7, 11) is 0. The molecule has 3 aromatic carbocycles. The Bertz CT molecular complexity index is 1040. The van der Waals surface area contributed by atoms with Gasteiger partial charge in [-0.05, 0) is 78.8 Å². The van der Waals surface area contributed by atoms with Crippen LogP contribution in [-0.2, 0) is 4.74 Å². The highest BCUT2D eigenvalue weighted by atomic mass is 35.5. The topological polar surface area (TPSA) is 55.6 Å². The molecule has 166 valence electrons. The summed E-state index contributed by atoms with van der Waals surface area (Å²) in [6.07, 6.45) is 2.05. The molecule has 2 N–H and O–H groups in total. The number of hydrogen-bond donors (Lipinski definition) is 1. The largest absolute Gasteiger partial charge is 0.462 e. The molecule has 0 aromatic heterocycles. The van der Waals surface area contributed by atoms with Crippen molar-refractivity contribution in [2.75, 3.05) is 24.6 Å². The Morgan fingerprint density at radius 3 is 2.34 bits per heavy atom. The van der Waals surface area contributed by atoms with Gasteiger partial charge < -0.3 is 15.4 Å². The van der Waals surface area contributed by atoms with Gasteiger partial charge in [0.15, 0.2) is 0 Å². The molecule has 1 aliphatic heterocycles. The van der Waals surface area contributed by atoms with Crippen LogP contribution in [0.1, 0.15) is 41.7 Å². The van der Waals surface area contributed by atoms with Gasteiger partial charge in [0.1, 0.15) is 0 Å². The maximum absolute atomic E-state index is 11.9. The molecule has 0 amide bonds. The van der Waals surface area contributed by atoms with Crippen LogP contribution in [0, 0.1) is 5.92 Å². The highest BCUT2D eigenvalue weighted by molar-refractivity contribution is 6.30. The highest BCUT2D eigenvalue weighted by Gasteiger charge is 2.27. The van der Waals surface area contributed by atoms with Gasteiger partial charge in [-0.2, -0.15) is 0 Å². The molecule has 1 fully saturated rings. The first-order valence-corrected chi connectivity index (χ1v) is 11.6. The Morgan fingerprint density at radius 1 is 1.03 bits per heavy atom. The first kappa shape index (κ1) is 22.4. The van der Waals surface area contributed by atoms with Crippen LogP contribution >= 0.6 is 11.6 Å². The molecule has 0 saturated carbocycles. The van der Waals surface area contributed by atoms with Gasteiger partial charge in [-0.15, -0.1) is 0 Å². The molecule has 1 unspecified atom stereocenters. The quantitative estimate of drug-likeness (QED) is 0.463. The summed E-state index contributed by atoms with van der Waals surface area (Å²) in [6.45, 7) is 4.09. The van der Waals surface area contributed by atoms with Crippen LogP contribution in [0.25, 0.3) is 11.1 Å². The van der Waals surface area contributed by atoms with Crippen LogP contribution in [0.2, 0.25) is 5.02 Å². The standard InChI is InChI=1S/C27H29ClN2O2/c1-2-32-27(31)21-9-13-23(14-10-21)30-17-15-20(16-18-30)26(29)25-6-4-3-5-24(25)19-7-11-22(28)12-8-19/h3-14,20,26H,2,15-18,29H2,1H3. The van der Waals surface area contributed by atoms with E-state index in [4.69, 9.17) is 22.1 Å². The number of ether oxygens (including phenoxy) is 1. The predicted octanol–water partition coefficient (Wildman–Crippen LogP) is 6.10. The monoisotopic (exact) mass is 448 g/mol. The fourth-order valence-electron chi connectivity index (χ4n) is 4.47. The van der Waals surface area contributed by atoms with E-state index in [1.165, 1.54) is 11.1 Å². The van der Waals surface area contributed by atoms with E-state index in [0.29, 0.717) is 18.1 Å². The smallest absolute Gasteiger partial charge is 0.338 e. The zero-order chi connectivity index (χ0) is 22.5. The van der Waals surface area contributed by atoms with E-state index in [2.05, 4.69) is 41.3 Å². The summed E-state index contributed by atoms with van der Waals surface area (Å²) in [4.78, 5) is 14.2. The first-order chi connectivity index (χ1) is 15.6. The van der Waals surface area contributed by atoms with E-state index in [9.17, 15) is 4.79 Å². The van der Waals surface area contributed by atoms with Crippen LogP contribution in [0.15, 0.2) is 72.8 Å². The Hall–Kier alpha value is -2.82. The van der Waals surface area contributed by atoms with Crippen molar-refractivity contribution in [3.63, 3.8) is 0 Å². The van der Waals surface area contributed by atoms with E-state index in [-0.39, 0.29) is 12.0 Å². The van der Waals surface area contributed by atoms with Gasteiger partial charge in [-0.25, -0.2) is 4.79 Å². The minimum absolute atomic E-state index is 0.0183. The number of benzene rings is 3. The fraction of sp³-hybridized carbons (Fsp3) is 0.296. The fourth-order valence-corrected chi connectivity index (χ4v) is 4.60. The molecule has 1 saturated heterocycles. The van der Waals surface area contributed by atoms with E-state index < -0.39 is 0 Å². The molecular weight excluding hydrogens is 420 g/mol. The number of piperidine rings is 1. The SMILES string of the molecule is CCOC(=O)c1ccc(N2CCC(C(N)c3ccccc3-c3ccc(Cl)cc3)CC2)cc1. The van der Waals surface area contributed by atoms with Crippen molar-refractivity contribution in [2.24, 2.45) is 11.7 Å².